The van der Waals surface area contributed by atoms with Crippen LogP contribution in [0.1, 0.15) is 34.4 Å². The molecule has 0 saturated heterocycles. The maximum atomic E-state index is 12.4. The zero-order valence-corrected chi connectivity index (χ0v) is 16.5. The first-order chi connectivity index (χ1) is 13.0. The van der Waals surface area contributed by atoms with Gasteiger partial charge in [-0.1, -0.05) is 43.3 Å². The first-order valence-corrected chi connectivity index (χ1v) is 9.77. The van der Waals surface area contributed by atoms with Crippen LogP contribution in [0.5, 0.6) is 0 Å². The van der Waals surface area contributed by atoms with Crippen LogP contribution in [0.2, 0.25) is 0 Å². The van der Waals surface area contributed by atoms with Crippen molar-refractivity contribution in [2.75, 3.05) is 11.9 Å². The summed E-state index contributed by atoms with van der Waals surface area (Å²) in [5, 5.41) is 2.81. The van der Waals surface area contributed by atoms with Gasteiger partial charge in [-0.25, -0.2) is 4.98 Å². The lowest BCUT2D eigenvalue weighted by atomic mass is 10.0. The van der Waals surface area contributed by atoms with Crippen molar-refractivity contribution in [1.29, 1.82) is 0 Å². The molecule has 1 heterocycles. The molecule has 27 heavy (non-hydrogen) atoms. The predicted octanol–water partition coefficient (Wildman–Crippen LogP) is 4.92. The highest BCUT2D eigenvalue weighted by molar-refractivity contribution is 7.09. The second kappa shape index (κ2) is 8.27. The minimum atomic E-state index is 0.0750. The van der Waals surface area contributed by atoms with Crippen molar-refractivity contribution in [2.24, 2.45) is 0 Å². The standard InChI is InChI=1S/C22H22N2O2S/c1-4-22(26)24(3)19-11-9-17(10-12-19)16-5-7-18(8-6-16)20(25)13-21-23-15(2)14-27-21/h5-12,14H,4,13H2,1-3H3. The Morgan fingerprint density at radius 3 is 2.11 bits per heavy atom. The van der Waals surface area contributed by atoms with Gasteiger partial charge < -0.3 is 4.90 Å². The van der Waals surface area contributed by atoms with Gasteiger partial charge >= 0.3 is 0 Å². The Hall–Kier alpha value is -2.79. The SMILES string of the molecule is CCC(=O)N(C)c1ccc(-c2ccc(C(=O)Cc3nc(C)cs3)cc2)cc1. The molecule has 0 fully saturated rings. The van der Waals surface area contributed by atoms with Crippen molar-refractivity contribution in [3.05, 3.63) is 70.2 Å². The normalized spacial score (nSPS) is 10.6. The molecule has 0 unspecified atom stereocenters. The van der Waals surface area contributed by atoms with Crippen LogP contribution >= 0.6 is 11.3 Å². The van der Waals surface area contributed by atoms with Crippen molar-refractivity contribution < 1.29 is 9.59 Å². The van der Waals surface area contributed by atoms with Gasteiger partial charge in [-0.15, -0.1) is 11.3 Å². The van der Waals surface area contributed by atoms with Crippen LogP contribution < -0.4 is 4.90 Å². The number of thiazole rings is 1. The third-order valence-electron chi connectivity index (χ3n) is 4.45. The van der Waals surface area contributed by atoms with E-state index >= 15 is 0 Å². The number of carbonyl (C=O) groups excluding carboxylic acids is 2. The number of anilines is 1. The zero-order chi connectivity index (χ0) is 19.4. The predicted molar refractivity (Wildman–Crippen MR) is 110 cm³/mol. The number of carbonyl (C=O) groups is 2. The summed E-state index contributed by atoms with van der Waals surface area (Å²) < 4.78 is 0. The summed E-state index contributed by atoms with van der Waals surface area (Å²) in [5.41, 5.74) is 4.60. The van der Waals surface area contributed by atoms with E-state index in [4.69, 9.17) is 0 Å². The summed E-state index contributed by atoms with van der Waals surface area (Å²) in [5.74, 6) is 0.159. The number of hydrogen-bond acceptors (Lipinski definition) is 4. The number of Topliss-reactive ketones (excluding diaryl/α,β-unsaturated/α-hetero) is 1. The number of aromatic nitrogens is 1. The number of benzene rings is 2. The number of amides is 1. The second-order valence-electron chi connectivity index (χ2n) is 6.41. The number of aryl methyl sites for hydroxylation is 1. The number of ketones is 1. The number of hydrogen-bond donors (Lipinski definition) is 0. The summed E-state index contributed by atoms with van der Waals surface area (Å²) >= 11 is 1.52. The van der Waals surface area contributed by atoms with Gasteiger partial charge in [0.05, 0.1) is 6.42 Å². The highest BCUT2D eigenvalue weighted by atomic mass is 32.1. The Morgan fingerprint density at radius 1 is 1.00 bits per heavy atom. The first-order valence-electron chi connectivity index (χ1n) is 8.89. The van der Waals surface area contributed by atoms with Crippen LogP contribution in [-0.4, -0.2) is 23.7 Å². The first kappa shape index (κ1) is 19.0. The van der Waals surface area contributed by atoms with Gasteiger partial charge in [0.1, 0.15) is 5.01 Å². The van der Waals surface area contributed by atoms with E-state index in [9.17, 15) is 9.59 Å². The molecule has 0 saturated carbocycles. The van der Waals surface area contributed by atoms with E-state index in [-0.39, 0.29) is 11.7 Å². The van der Waals surface area contributed by atoms with Crippen LogP contribution in [0, 0.1) is 6.92 Å². The highest BCUT2D eigenvalue weighted by Crippen LogP contribution is 2.24. The van der Waals surface area contributed by atoms with Gasteiger partial charge in [-0.3, -0.25) is 9.59 Å². The molecular formula is C22H22N2O2S. The fraction of sp³-hybridized carbons (Fsp3) is 0.227. The molecule has 0 aliphatic rings. The van der Waals surface area contributed by atoms with E-state index in [1.807, 2.05) is 67.8 Å². The smallest absolute Gasteiger partial charge is 0.226 e. The van der Waals surface area contributed by atoms with Crippen molar-refractivity contribution in [2.45, 2.75) is 26.7 Å². The van der Waals surface area contributed by atoms with Gasteiger partial charge in [-0.05, 0) is 30.2 Å². The molecule has 138 valence electrons. The largest absolute Gasteiger partial charge is 0.316 e. The van der Waals surface area contributed by atoms with Crippen LogP contribution in [0.4, 0.5) is 5.69 Å². The average Bonchev–Trinajstić information content (AvgIpc) is 3.11. The van der Waals surface area contributed by atoms with E-state index in [1.54, 1.807) is 11.9 Å². The molecule has 0 bridgehead atoms. The van der Waals surface area contributed by atoms with E-state index in [1.165, 1.54) is 11.3 Å². The average molecular weight is 378 g/mol. The van der Waals surface area contributed by atoms with Crippen LogP contribution in [0.3, 0.4) is 0 Å². The van der Waals surface area contributed by atoms with E-state index in [0.717, 1.165) is 27.5 Å². The van der Waals surface area contributed by atoms with Gasteiger partial charge in [0.15, 0.2) is 5.78 Å². The maximum Gasteiger partial charge on any atom is 0.226 e. The highest BCUT2D eigenvalue weighted by Gasteiger charge is 2.11. The number of rotatable bonds is 6. The molecule has 0 radical (unpaired) electrons. The summed E-state index contributed by atoms with van der Waals surface area (Å²) in [6.45, 7) is 3.78. The minimum Gasteiger partial charge on any atom is -0.316 e. The molecule has 1 aromatic heterocycles. The van der Waals surface area contributed by atoms with Crippen molar-refractivity contribution in [3.63, 3.8) is 0 Å². The fourth-order valence-electron chi connectivity index (χ4n) is 2.83. The van der Waals surface area contributed by atoms with Crippen molar-refractivity contribution in [1.82, 2.24) is 4.98 Å². The van der Waals surface area contributed by atoms with E-state index < -0.39 is 0 Å². The van der Waals surface area contributed by atoms with E-state index in [0.29, 0.717) is 18.4 Å². The third-order valence-corrected chi connectivity index (χ3v) is 5.42. The second-order valence-corrected chi connectivity index (χ2v) is 7.36. The molecule has 4 nitrogen and oxygen atoms in total. The molecule has 0 aliphatic heterocycles. The summed E-state index contributed by atoms with van der Waals surface area (Å²) in [6, 6.07) is 15.5. The van der Waals surface area contributed by atoms with Crippen LogP contribution in [0.25, 0.3) is 11.1 Å². The fourth-order valence-corrected chi connectivity index (χ4v) is 3.60. The lowest BCUT2D eigenvalue weighted by Gasteiger charge is -2.16. The quantitative estimate of drug-likeness (QED) is 0.572. The van der Waals surface area contributed by atoms with Crippen LogP contribution in [0.15, 0.2) is 53.9 Å². The Bertz CT molecular complexity index is 943. The Balaban J connectivity index is 1.71. The van der Waals surface area contributed by atoms with Crippen molar-refractivity contribution >= 4 is 28.7 Å². The Labute approximate surface area is 163 Å². The Kier molecular flexibility index (Phi) is 5.81. The van der Waals surface area contributed by atoms with E-state index in [2.05, 4.69) is 4.98 Å². The molecular weight excluding hydrogens is 356 g/mol. The van der Waals surface area contributed by atoms with Crippen molar-refractivity contribution in [3.8, 4) is 11.1 Å². The molecule has 3 rings (SSSR count). The summed E-state index contributed by atoms with van der Waals surface area (Å²) in [4.78, 5) is 30.2. The summed E-state index contributed by atoms with van der Waals surface area (Å²) in [7, 11) is 1.78. The summed E-state index contributed by atoms with van der Waals surface area (Å²) in [6.07, 6.45) is 0.818. The topological polar surface area (TPSA) is 50.3 Å². The van der Waals surface area contributed by atoms with Gasteiger partial charge in [0.2, 0.25) is 5.91 Å². The third kappa shape index (κ3) is 4.49. The molecule has 0 atom stereocenters. The number of nitrogens with zero attached hydrogens (tertiary/aromatic N) is 2. The zero-order valence-electron chi connectivity index (χ0n) is 15.7. The lowest BCUT2D eigenvalue weighted by Crippen LogP contribution is -2.24. The molecule has 0 spiro atoms. The lowest BCUT2D eigenvalue weighted by molar-refractivity contribution is -0.118. The molecule has 5 heteroatoms. The Morgan fingerprint density at radius 2 is 1.59 bits per heavy atom. The van der Waals surface area contributed by atoms with Gasteiger partial charge in [0, 0.05) is 35.8 Å². The molecule has 1 amide bonds. The van der Waals surface area contributed by atoms with Gasteiger partial charge in [0.25, 0.3) is 0 Å². The van der Waals surface area contributed by atoms with Crippen LogP contribution in [-0.2, 0) is 11.2 Å². The molecule has 0 aliphatic carbocycles. The van der Waals surface area contributed by atoms with Gasteiger partial charge in [-0.2, -0.15) is 0 Å². The molecule has 2 aromatic carbocycles. The molecule has 3 aromatic rings. The maximum absolute atomic E-state index is 12.4. The monoisotopic (exact) mass is 378 g/mol. The molecule has 0 N–H and O–H groups in total. The minimum absolute atomic E-state index is 0.0750.